The number of thiophene rings is 1. The molecule has 4 heterocycles. The molecular weight excluding hydrogens is 554 g/mol. The Morgan fingerprint density at radius 3 is 2.50 bits per heavy atom. The summed E-state index contributed by atoms with van der Waals surface area (Å²) in [6.45, 7) is 2.03. The van der Waals surface area contributed by atoms with Crippen molar-refractivity contribution in [1.82, 2.24) is 9.55 Å². The molecule has 3 aromatic heterocycles. The number of amidine groups is 1. The van der Waals surface area contributed by atoms with Crippen LogP contribution in [0.15, 0.2) is 94.3 Å². The van der Waals surface area contributed by atoms with E-state index in [4.69, 9.17) is 26.7 Å². The number of nitrogens with zero attached hydrogens (tertiary/aromatic N) is 5. The molecule has 0 radical (unpaired) electrons. The summed E-state index contributed by atoms with van der Waals surface area (Å²) >= 11 is 9.61. The first-order valence-corrected chi connectivity index (χ1v) is 15.6. The maximum Gasteiger partial charge on any atom is 0.209 e. The molecule has 2 aromatic carbocycles. The van der Waals surface area contributed by atoms with Crippen LogP contribution in [0, 0.1) is 0 Å². The lowest BCUT2D eigenvalue weighted by Gasteiger charge is -2.21. The molecule has 0 N–H and O–H groups in total. The van der Waals surface area contributed by atoms with Gasteiger partial charge in [-0.3, -0.25) is 0 Å². The molecule has 0 atom stereocenters. The van der Waals surface area contributed by atoms with Crippen molar-refractivity contribution in [1.29, 1.82) is 0 Å². The van der Waals surface area contributed by atoms with E-state index in [0.29, 0.717) is 5.17 Å². The maximum atomic E-state index is 6.30. The molecule has 0 amide bonds. The average molecular weight is 580 g/mol. The van der Waals surface area contributed by atoms with E-state index in [-0.39, 0.29) is 0 Å². The maximum absolute atomic E-state index is 6.30. The van der Waals surface area contributed by atoms with Crippen LogP contribution in [-0.4, -0.2) is 31.9 Å². The first-order chi connectivity index (χ1) is 19.7. The zero-order valence-corrected chi connectivity index (χ0v) is 24.4. The highest BCUT2D eigenvalue weighted by Crippen LogP contribution is 2.44. The third kappa shape index (κ3) is 4.72. The lowest BCUT2D eigenvalue weighted by molar-refractivity contribution is 0.673. The Hall–Kier alpha value is -3.52. The van der Waals surface area contributed by atoms with Gasteiger partial charge >= 0.3 is 0 Å². The number of fused-ring (bicyclic) bond motifs is 2. The summed E-state index contributed by atoms with van der Waals surface area (Å²) in [4.78, 5) is 12.1. The van der Waals surface area contributed by atoms with Gasteiger partial charge in [0.25, 0.3) is 0 Å². The number of aryl methyl sites for hydroxylation is 1. The first-order valence-electron chi connectivity index (χ1n) is 13.4. The second-order valence-electron chi connectivity index (χ2n) is 9.96. The highest BCUT2D eigenvalue weighted by molar-refractivity contribution is 8.15. The number of benzene rings is 2. The monoisotopic (exact) mass is 579 g/mol. The van der Waals surface area contributed by atoms with Crippen molar-refractivity contribution >= 4 is 61.5 Å². The summed E-state index contributed by atoms with van der Waals surface area (Å²) in [5.41, 5.74) is 9.14. The van der Waals surface area contributed by atoms with Gasteiger partial charge < -0.3 is 4.57 Å². The van der Waals surface area contributed by atoms with Crippen molar-refractivity contribution in [3.8, 4) is 16.8 Å². The largest absolute Gasteiger partial charge is 0.322 e. The predicted molar refractivity (Wildman–Crippen MR) is 171 cm³/mol. The van der Waals surface area contributed by atoms with E-state index >= 15 is 0 Å². The molecule has 5 aromatic rings. The molecule has 8 heteroatoms. The fourth-order valence-corrected chi connectivity index (χ4v) is 7.53. The number of rotatable bonds is 5. The number of hydrogen-bond donors (Lipinski definition) is 0. The SMILES string of the molecule is C/C(=N\N=C1\N=C(c2ccccc2)CS1)c1sc2nc3c(c(-c4ccc(Cl)cc4)c2c1-n1cccc1)CCCC3. The second kappa shape index (κ2) is 10.8. The quantitative estimate of drug-likeness (QED) is 0.155. The summed E-state index contributed by atoms with van der Waals surface area (Å²) in [7, 11) is 0. The van der Waals surface area contributed by atoms with Gasteiger partial charge in [-0.05, 0) is 79.1 Å². The van der Waals surface area contributed by atoms with Gasteiger partial charge in [0, 0.05) is 34.2 Å². The molecule has 198 valence electrons. The minimum Gasteiger partial charge on any atom is -0.322 e. The van der Waals surface area contributed by atoms with Crippen molar-refractivity contribution < 1.29 is 0 Å². The van der Waals surface area contributed by atoms with Crippen LogP contribution in [0.4, 0.5) is 0 Å². The molecule has 1 aliphatic carbocycles. The lowest BCUT2D eigenvalue weighted by atomic mass is 9.87. The highest BCUT2D eigenvalue weighted by Gasteiger charge is 2.26. The van der Waals surface area contributed by atoms with Crippen LogP contribution in [0.1, 0.15) is 41.5 Å². The van der Waals surface area contributed by atoms with E-state index < -0.39 is 0 Å². The number of aliphatic imine (C=N–C) groups is 1. The smallest absolute Gasteiger partial charge is 0.209 e. The number of halogens is 1. The number of hydrogen-bond acceptors (Lipinski definition) is 5. The summed E-state index contributed by atoms with van der Waals surface area (Å²) in [5.74, 6) is 0.800. The molecule has 40 heavy (non-hydrogen) atoms. The van der Waals surface area contributed by atoms with Gasteiger partial charge in [0.15, 0.2) is 0 Å². The molecule has 0 unspecified atom stereocenters. The molecule has 7 rings (SSSR count). The Kier molecular flexibility index (Phi) is 6.87. The summed E-state index contributed by atoms with van der Waals surface area (Å²) < 4.78 is 2.19. The van der Waals surface area contributed by atoms with Crippen molar-refractivity contribution in [3.05, 3.63) is 106 Å². The van der Waals surface area contributed by atoms with Gasteiger partial charge in [0.2, 0.25) is 5.17 Å². The fraction of sp³-hybridized carbons (Fsp3) is 0.188. The van der Waals surface area contributed by atoms with Gasteiger partial charge in [0.1, 0.15) is 4.83 Å². The third-order valence-electron chi connectivity index (χ3n) is 7.38. The van der Waals surface area contributed by atoms with Gasteiger partial charge in [-0.1, -0.05) is 65.8 Å². The topological polar surface area (TPSA) is 54.9 Å². The molecule has 5 nitrogen and oxygen atoms in total. The van der Waals surface area contributed by atoms with Crippen LogP contribution in [0.5, 0.6) is 0 Å². The Morgan fingerprint density at radius 2 is 1.70 bits per heavy atom. The number of pyridine rings is 1. The summed E-state index contributed by atoms with van der Waals surface area (Å²) in [6, 6.07) is 22.6. The fourth-order valence-electron chi connectivity index (χ4n) is 5.49. The van der Waals surface area contributed by atoms with Gasteiger partial charge in [-0.25, -0.2) is 9.98 Å². The molecule has 0 saturated heterocycles. The number of thioether (sulfide) groups is 1. The molecule has 1 aliphatic heterocycles. The van der Waals surface area contributed by atoms with Crippen LogP contribution >= 0.6 is 34.7 Å². The minimum absolute atomic E-state index is 0.692. The Labute approximate surface area is 246 Å². The Bertz CT molecular complexity index is 1800. The van der Waals surface area contributed by atoms with E-state index in [1.54, 1.807) is 23.1 Å². The zero-order valence-electron chi connectivity index (χ0n) is 22.0. The normalized spacial score (nSPS) is 16.5. The molecule has 0 saturated carbocycles. The van der Waals surface area contributed by atoms with Crippen LogP contribution in [0.2, 0.25) is 5.02 Å². The zero-order chi connectivity index (χ0) is 27.1. The van der Waals surface area contributed by atoms with E-state index in [9.17, 15) is 0 Å². The first kappa shape index (κ1) is 25.4. The second-order valence-corrected chi connectivity index (χ2v) is 12.3. The van der Waals surface area contributed by atoms with Gasteiger partial charge in [0.05, 0.1) is 22.0 Å². The van der Waals surface area contributed by atoms with Crippen molar-refractivity contribution in [3.63, 3.8) is 0 Å². The summed E-state index contributed by atoms with van der Waals surface area (Å²) in [6.07, 6.45) is 8.59. The van der Waals surface area contributed by atoms with E-state index in [2.05, 4.69) is 58.5 Å². The minimum atomic E-state index is 0.692. The molecule has 0 spiro atoms. The highest BCUT2D eigenvalue weighted by atomic mass is 35.5. The third-order valence-corrected chi connectivity index (χ3v) is 9.66. The van der Waals surface area contributed by atoms with E-state index in [1.807, 2.05) is 37.3 Å². The Morgan fingerprint density at radius 1 is 0.925 bits per heavy atom. The van der Waals surface area contributed by atoms with Crippen LogP contribution < -0.4 is 0 Å². The van der Waals surface area contributed by atoms with Gasteiger partial charge in [-0.15, -0.1) is 16.4 Å². The van der Waals surface area contributed by atoms with Crippen LogP contribution in [-0.2, 0) is 12.8 Å². The predicted octanol–water partition coefficient (Wildman–Crippen LogP) is 8.60. The van der Waals surface area contributed by atoms with E-state index in [0.717, 1.165) is 56.0 Å². The molecule has 0 fully saturated rings. The van der Waals surface area contributed by atoms with Gasteiger partial charge in [-0.2, -0.15) is 5.10 Å². The standard InChI is InChI=1S/C32H26ClN5S2/c1-20(36-37-32-35-26(19-39-32)21-9-3-2-4-10-21)30-29(38-17-7-8-18-38)28-27(22-13-15-23(33)16-14-22)24-11-5-6-12-25(24)34-31(28)40-30/h2-4,7-10,13-18H,5-6,11-12,19H2,1H3/b36-20+,37-32-. The van der Waals surface area contributed by atoms with E-state index in [1.165, 1.54) is 40.6 Å². The van der Waals surface area contributed by atoms with Crippen molar-refractivity contribution in [2.24, 2.45) is 15.2 Å². The number of aromatic nitrogens is 2. The van der Waals surface area contributed by atoms with Crippen molar-refractivity contribution in [2.45, 2.75) is 32.6 Å². The Balaban J connectivity index is 1.40. The summed E-state index contributed by atoms with van der Waals surface area (Å²) in [5, 5.41) is 11.9. The molecule has 0 bridgehead atoms. The lowest BCUT2D eigenvalue weighted by Crippen LogP contribution is -2.08. The van der Waals surface area contributed by atoms with Crippen LogP contribution in [0.25, 0.3) is 27.0 Å². The average Bonchev–Trinajstić information content (AvgIpc) is 3.76. The molecular formula is C32H26ClN5S2. The van der Waals surface area contributed by atoms with Crippen molar-refractivity contribution in [2.75, 3.05) is 5.75 Å². The molecule has 2 aliphatic rings. The van der Waals surface area contributed by atoms with Crippen LogP contribution in [0.3, 0.4) is 0 Å².